The summed E-state index contributed by atoms with van der Waals surface area (Å²) >= 11 is 0. The molecule has 0 atom stereocenters. The Kier molecular flexibility index (Phi) is 17.7. The molecule has 2 aliphatic heterocycles. The zero-order chi connectivity index (χ0) is 17.9. The summed E-state index contributed by atoms with van der Waals surface area (Å²) in [4.78, 5) is 19.1. The largest absolute Gasteiger partial charge is 0.394 e. The molecule has 0 spiro atoms. The molecule has 142 valence electrons. The Bertz CT molecular complexity index is 249. The summed E-state index contributed by atoms with van der Waals surface area (Å²) < 4.78 is 21.3. The Morgan fingerprint density at radius 3 is 1.38 bits per heavy atom. The molecular weight excluding hydrogens is 320 g/mol. The van der Waals surface area contributed by atoms with Gasteiger partial charge in [0.15, 0.2) is 12.6 Å². The number of hydrogen-bond donors (Lipinski definition) is 2. The molecule has 24 heavy (non-hydrogen) atoms. The Morgan fingerprint density at radius 1 is 0.708 bits per heavy atom. The van der Waals surface area contributed by atoms with Crippen molar-refractivity contribution in [3.63, 3.8) is 0 Å². The van der Waals surface area contributed by atoms with Gasteiger partial charge in [-0.15, -0.1) is 0 Å². The predicted octanol–water partition coefficient (Wildman–Crippen LogP) is 0.428. The molecule has 2 saturated heterocycles. The first kappa shape index (κ1) is 23.1. The summed E-state index contributed by atoms with van der Waals surface area (Å²) in [6.45, 7) is 2.70. The SMILES string of the molecule is C(CC1OCCO1)CC1OCCO1.O=CCCCC=O.OCCO. The highest BCUT2D eigenvalue weighted by Gasteiger charge is 2.19. The molecule has 0 saturated carbocycles. The Morgan fingerprint density at radius 2 is 1.08 bits per heavy atom. The first-order chi connectivity index (χ1) is 11.8. The third kappa shape index (κ3) is 14.7. The molecule has 8 nitrogen and oxygen atoms in total. The van der Waals surface area contributed by atoms with Gasteiger partial charge in [0, 0.05) is 12.8 Å². The van der Waals surface area contributed by atoms with Gasteiger partial charge in [0.05, 0.1) is 39.6 Å². The van der Waals surface area contributed by atoms with Crippen LogP contribution >= 0.6 is 0 Å². The summed E-state index contributed by atoms with van der Waals surface area (Å²) in [5.74, 6) is 0. The van der Waals surface area contributed by atoms with Crippen LogP contribution < -0.4 is 0 Å². The average Bonchev–Trinajstić information content (AvgIpc) is 3.30. The molecular formula is C16H30O8. The Hall–Kier alpha value is -0.900. The van der Waals surface area contributed by atoms with Crippen molar-refractivity contribution < 1.29 is 38.7 Å². The van der Waals surface area contributed by atoms with E-state index in [2.05, 4.69) is 0 Å². The minimum absolute atomic E-state index is 0.0152. The van der Waals surface area contributed by atoms with Crippen molar-refractivity contribution in [3.8, 4) is 0 Å². The summed E-state index contributed by atoms with van der Waals surface area (Å²) in [5, 5.41) is 15.2. The minimum atomic E-state index is -0.125. The van der Waals surface area contributed by atoms with Gasteiger partial charge in [-0.25, -0.2) is 0 Å². The quantitative estimate of drug-likeness (QED) is 0.455. The van der Waals surface area contributed by atoms with Gasteiger partial charge in [0.1, 0.15) is 12.6 Å². The fourth-order valence-corrected chi connectivity index (χ4v) is 1.88. The molecule has 0 unspecified atom stereocenters. The van der Waals surface area contributed by atoms with Crippen molar-refractivity contribution in [2.24, 2.45) is 0 Å². The number of aliphatic hydroxyl groups excluding tert-OH is 2. The number of ether oxygens (including phenoxy) is 4. The lowest BCUT2D eigenvalue weighted by molar-refractivity contribution is -0.108. The van der Waals surface area contributed by atoms with E-state index >= 15 is 0 Å². The van der Waals surface area contributed by atoms with Crippen molar-refractivity contribution in [3.05, 3.63) is 0 Å². The smallest absolute Gasteiger partial charge is 0.157 e. The van der Waals surface area contributed by atoms with E-state index in [0.29, 0.717) is 19.3 Å². The maximum Gasteiger partial charge on any atom is 0.157 e. The molecule has 0 aromatic rings. The predicted molar refractivity (Wildman–Crippen MR) is 85.4 cm³/mol. The monoisotopic (exact) mass is 350 g/mol. The van der Waals surface area contributed by atoms with Crippen LogP contribution in [0.5, 0.6) is 0 Å². The van der Waals surface area contributed by atoms with E-state index in [1.165, 1.54) is 0 Å². The lowest BCUT2D eigenvalue weighted by Gasteiger charge is -2.11. The Labute approximate surface area is 143 Å². The fourth-order valence-electron chi connectivity index (χ4n) is 1.88. The number of hydrogen-bond acceptors (Lipinski definition) is 8. The molecule has 0 radical (unpaired) electrons. The molecule has 0 bridgehead atoms. The molecule has 2 heterocycles. The third-order valence-corrected chi connectivity index (χ3v) is 3.01. The van der Waals surface area contributed by atoms with Gasteiger partial charge in [-0.1, -0.05) is 0 Å². The van der Waals surface area contributed by atoms with E-state index < -0.39 is 0 Å². The van der Waals surface area contributed by atoms with Crippen LogP contribution in [0.4, 0.5) is 0 Å². The van der Waals surface area contributed by atoms with Crippen molar-refractivity contribution in [2.75, 3.05) is 39.6 Å². The van der Waals surface area contributed by atoms with Crippen LogP contribution in [0.15, 0.2) is 0 Å². The number of rotatable bonds is 9. The highest BCUT2D eigenvalue weighted by molar-refractivity contribution is 5.52. The van der Waals surface area contributed by atoms with Crippen molar-refractivity contribution in [2.45, 2.75) is 51.1 Å². The zero-order valence-electron chi connectivity index (χ0n) is 14.1. The van der Waals surface area contributed by atoms with Gasteiger partial charge < -0.3 is 38.7 Å². The zero-order valence-corrected chi connectivity index (χ0v) is 14.1. The van der Waals surface area contributed by atoms with E-state index in [4.69, 9.17) is 29.2 Å². The van der Waals surface area contributed by atoms with E-state index in [0.717, 1.165) is 58.3 Å². The molecule has 0 amide bonds. The molecule has 2 aliphatic rings. The van der Waals surface area contributed by atoms with Crippen LogP contribution in [0.2, 0.25) is 0 Å². The standard InChI is InChI=1S/C9H16O4.C5H8O2.C2H6O2/c1(2-8-10-4-5-11-8)3-9-12-6-7-13-9;6-4-2-1-3-5-7;3-1-2-4/h8-9H,1-7H2;4-5H,1-3H2;3-4H,1-2H2. The van der Waals surface area contributed by atoms with Gasteiger partial charge in [-0.2, -0.15) is 0 Å². The molecule has 0 aliphatic carbocycles. The number of carbonyl (C=O) groups is 2. The third-order valence-electron chi connectivity index (χ3n) is 3.01. The second-order valence-corrected chi connectivity index (χ2v) is 4.98. The maximum absolute atomic E-state index is 9.56. The Balaban J connectivity index is 0.000000408. The van der Waals surface area contributed by atoms with Crippen LogP contribution in [0.1, 0.15) is 38.5 Å². The van der Waals surface area contributed by atoms with Crippen LogP contribution in [0.25, 0.3) is 0 Å². The fraction of sp³-hybridized carbons (Fsp3) is 0.875. The molecule has 0 aromatic carbocycles. The van der Waals surface area contributed by atoms with Gasteiger partial charge in [-0.3, -0.25) is 0 Å². The number of aliphatic hydroxyl groups is 2. The molecule has 2 fully saturated rings. The minimum Gasteiger partial charge on any atom is -0.394 e. The van der Waals surface area contributed by atoms with Gasteiger partial charge in [0.2, 0.25) is 0 Å². The van der Waals surface area contributed by atoms with Crippen molar-refractivity contribution in [1.29, 1.82) is 0 Å². The highest BCUT2D eigenvalue weighted by atomic mass is 16.7. The highest BCUT2D eigenvalue weighted by Crippen LogP contribution is 2.16. The second kappa shape index (κ2) is 18.4. The van der Waals surface area contributed by atoms with Crippen molar-refractivity contribution in [1.82, 2.24) is 0 Å². The first-order valence-electron chi connectivity index (χ1n) is 8.33. The number of aldehydes is 2. The normalized spacial score (nSPS) is 17.6. The summed E-state index contributed by atoms with van der Waals surface area (Å²) in [7, 11) is 0. The summed E-state index contributed by atoms with van der Waals surface area (Å²) in [6, 6.07) is 0. The molecule has 8 heteroatoms. The van der Waals surface area contributed by atoms with Crippen LogP contribution in [-0.4, -0.2) is 75.0 Å². The lowest BCUT2D eigenvalue weighted by atomic mass is 10.2. The van der Waals surface area contributed by atoms with Crippen molar-refractivity contribution >= 4 is 12.6 Å². The summed E-state index contributed by atoms with van der Waals surface area (Å²) in [6.07, 6.45) is 6.34. The van der Waals surface area contributed by atoms with Gasteiger partial charge in [-0.05, 0) is 25.7 Å². The molecule has 0 aromatic heterocycles. The average molecular weight is 350 g/mol. The van der Waals surface area contributed by atoms with E-state index in [1.807, 2.05) is 0 Å². The van der Waals surface area contributed by atoms with Gasteiger partial charge in [0.25, 0.3) is 0 Å². The number of unbranched alkanes of at least 4 members (excludes halogenated alkanes) is 2. The van der Waals surface area contributed by atoms with Crippen LogP contribution in [0.3, 0.4) is 0 Å². The number of carbonyl (C=O) groups excluding carboxylic acids is 2. The topological polar surface area (TPSA) is 112 Å². The maximum atomic E-state index is 9.56. The van der Waals surface area contributed by atoms with E-state index in [9.17, 15) is 9.59 Å². The second-order valence-electron chi connectivity index (χ2n) is 4.98. The lowest BCUT2D eigenvalue weighted by Crippen LogP contribution is -2.11. The van der Waals surface area contributed by atoms with Crippen LogP contribution in [-0.2, 0) is 28.5 Å². The van der Waals surface area contributed by atoms with Gasteiger partial charge >= 0.3 is 0 Å². The summed E-state index contributed by atoms with van der Waals surface area (Å²) in [5.41, 5.74) is 0. The van der Waals surface area contributed by atoms with E-state index in [1.54, 1.807) is 0 Å². The van der Waals surface area contributed by atoms with Crippen LogP contribution in [0, 0.1) is 0 Å². The first-order valence-corrected chi connectivity index (χ1v) is 8.33. The molecule has 2 N–H and O–H groups in total. The molecule has 2 rings (SSSR count). The van der Waals surface area contributed by atoms with E-state index in [-0.39, 0.29) is 25.8 Å².